The van der Waals surface area contributed by atoms with Crippen molar-refractivity contribution in [2.45, 2.75) is 45.3 Å². The molecular formula is C30H30ClFN6O5. The largest absolute Gasteiger partial charge is 0.412 e. The molecule has 1 saturated heterocycles. The molecule has 2 aromatic heterocycles. The van der Waals surface area contributed by atoms with Crippen molar-refractivity contribution in [2.75, 3.05) is 13.1 Å². The average molecular weight is 609 g/mol. The molecule has 5 rings (SSSR count). The number of halogens is 2. The quantitative estimate of drug-likeness (QED) is 0.233. The standard InChI is InChI=1S/C30H30ClFN6O5/c1-18(39)23-15-37(25-8-7-21(12-22(23)25)43-30(42)34-10-9-20-14-33-17-36-20)16-27(40)38-11-3-6-26(38)29(41)35-13-19-4-2-5-24(31)28(19)32/h2,4-5,7-8,12,14-15,17,26H,3,6,9-11,13,16H2,1H3,(H,33,36)(H,34,42)(H,35,41)/t26-/m0/s1. The lowest BCUT2D eigenvalue weighted by Crippen LogP contribution is -2.46. The van der Waals surface area contributed by atoms with E-state index < -0.39 is 18.0 Å². The third kappa shape index (κ3) is 6.86. The molecular weight excluding hydrogens is 579 g/mol. The number of Topliss-reactive ketones (excluding diaryl/α,β-unsaturated/α-hetero) is 1. The Kier molecular flexibility index (Phi) is 9.05. The summed E-state index contributed by atoms with van der Waals surface area (Å²) in [5.41, 5.74) is 2.09. The highest BCUT2D eigenvalue weighted by Gasteiger charge is 2.34. The van der Waals surface area contributed by atoms with E-state index in [1.165, 1.54) is 24.0 Å². The monoisotopic (exact) mass is 608 g/mol. The van der Waals surface area contributed by atoms with E-state index in [-0.39, 0.29) is 47.0 Å². The summed E-state index contributed by atoms with van der Waals surface area (Å²) in [5.74, 6) is -1.24. The van der Waals surface area contributed by atoms with E-state index in [1.807, 2.05) is 0 Å². The summed E-state index contributed by atoms with van der Waals surface area (Å²) in [6.45, 7) is 1.99. The zero-order chi connectivity index (χ0) is 30.5. The number of nitrogens with one attached hydrogen (secondary N) is 3. The molecule has 4 aromatic rings. The summed E-state index contributed by atoms with van der Waals surface area (Å²) in [7, 11) is 0. The first kappa shape index (κ1) is 29.8. The van der Waals surface area contributed by atoms with Gasteiger partial charge in [0, 0.05) is 66.2 Å². The number of rotatable bonds is 10. The zero-order valence-electron chi connectivity index (χ0n) is 23.4. The molecule has 1 atom stereocenters. The first-order chi connectivity index (χ1) is 20.7. The molecule has 43 heavy (non-hydrogen) atoms. The number of hydrogen-bond donors (Lipinski definition) is 3. The Morgan fingerprint density at radius 1 is 1.19 bits per heavy atom. The van der Waals surface area contributed by atoms with Crippen LogP contribution in [0.25, 0.3) is 10.9 Å². The van der Waals surface area contributed by atoms with Crippen LogP contribution in [0, 0.1) is 5.82 Å². The molecule has 3 N–H and O–H groups in total. The molecule has 3 amide bonds. The van der Waals surface area contributed by atoms with Gasteiger partial charge in [-0.2, -0.15) is 0 Å². The number of benzene rings is 2. The molecule has 3 heterocycles. The normalized spacial score (nSPS) is 14.6. The molecule has 13 heteroatoms. The number of amides is 3. The summed E-state index contributed by atoms with van der Waals surface area (Å²) in [6, 6.07) is 8.72. The molecule has 0 spiro atoms. The van der Waals surface area contributed by atoms with E-state index in [4.69, 9.17) is 16.3 Å². The molecule has 1 fully saturated rings. The van der Waals surface area contributed by atoms with E-state index in [0.717, 1.165) is 5.69 Å². The summed E-state index contributed by atoms with van der Waals surface area (Å²) >= 11 is 5.83. The summed E-state index contributed by atoms with van der Waals surface area (Å²) < 4.78 is 21.3. The number of fused-ring (bicyclic) bond motifs is 1. The number of aromatic amines is 1. The number of ether oxygens (including phenoxy) is 1. The van der Waals surface area contributed by atoms with Crippen LogP contribution in [0.4, 0.5) is 9.18 Å². The molecule has 1 aliphatic heterocycles. The number of aromatic nitrogens is 3. The Morgan fingerprint density at radius 3 is 2.79 bits per heavy atom. The van der Waals surface area contributed by atoms with Crippen molar-refractivity contribution in [1.82, 2.24) is 30.1 Å². The molecule has 0 radical (unpaired) electrons. The maximum Gasteiger partial charge on any atom is 0.412 e. The zero-order valence-corrected chi connectivity index (χ0v) is 24.1. The smallest absolute Gasteiger partial charge is 0.410 e. The maximum absolute atomic E-state index is 14.2. The maximum atomic E-state index is 14.2. The van der Waals surface area contributed by atoms with Crippen molar-refractivity contribution in [1.29, 1.82) is 0 Å². The Labute approximate surface area is 251 Å². The molecule has 224 valence electrons. The SMILES string of the molecule is CC(=O)c1cn(CC(=O)N2CCC[C@H]2C(=O)NCc2cccc(Cl)c2F)c2ccc(OC(=O)NCCc3cnc[nH]3)cc12. The number of H-pyrrole nitrogens is 1. The highest BCUT2D eigenvalue weighted by atomic mass is 35.5. The number of imidazole rings is 1. The van der Waals surface area contributed by atoms with Crippen LogP contribution < -0.4 is 15.4 Å². The van der Waals surface area contributed by atoms with Gasteiger partial charge >= 0.3 is 6.09 Å². The lowest BCUT2D eigenvalue weighted by molar-refractivity contribution is -0.138. The fourth-order valence-corrected chi connectivity index (χ4v) is 5.37. The van der Waals surface area contributed by atoms with Crippen LogP contribution in [0.15, 0.2) is 55.1 Å². The minimum atomic E-state index is -0.698. The Hall–Kier alpha value is -4.71. The minimum Gasteiger partial charge on any atom is -0.410 e. The van der Waals surface area contributed by atoms with Crippen molar-refractivity contribution in [2.24, 2.45) is 0 Å². The first-order valence-corrected chi connectivity index (χ1v) is 14.2. The molecule has 0 saturated carbocycles. The van der Waals surface area contributed by atoms with E-state index in [2.05, 4.69) is 20.6 Å². The van der Waals surface area contributed by atoms with E-state index in [9.17, 15) is 23.6 Å². The fraction of sp³-hybridized carbons (Fsp3) is 0.300. The van der Waals surface area contributed by atoms with E-state index in [1.54, 1.807) is 47.6 Å². The van der Waals surface area contributed by atoms with Gasteiger partial charge in [-0.1, -0.05) is 23.7 Å². The lowest BCUT2D eigenvalue weighted by Gasteiger charge is -2.24. The van der Waals surface area contributed by atoms with Gasteiger partial charge in [0.15, 0.2) is 5.78 Å². The second-order valence-corrected chi connectivity index (χ2v) is 10.6. The number of carbonyl (C=O) groups excluding carboxylic acids is 4. The fourth-order valence-electron chi connectivity index (χ4n) is 5.17. The molecule has 0 aliphatic carbocycles. The van der Waals surface area contributed by atoms with Crippen molar-refractivity contribution in [3.05, 3.63) is 82.8 Å². The first-order valence-electron chi connectivity index (χ1n) is 13.8. The Balaban J connectivity index is 1.24. The summed E-state index contributed by atoms with van der Waals surface area (Å²) in [5, 5.41) is 5.88. The van der Waals surface area contributed by atoms with Crippen molar-refractivity contribution in [3.63, 3.8) is 0 Å². The van der Waals surface area contributed by atoms with Crippen molar-refractivity contribution >= 4 is 46.2 Å². The van der Waals surface area contributed by atoms with Crippen molar-refractivity contribution < 1.29 is 28.3 Å². The van der Waals surface area contributed by atoms with Gasteiger partial charge in [-0.3, -0.25) is 14.4 Å². The predicted molar refractivity (Wildman–Crippen MR) is 156 cm³/mol. The second-order valence-electron chi connectivity index (χ2n) is 10.2. The van der Waals surface area contributed by atoms with Gasteiger partial charge in [0.2, 0.25) is 11.8 Å². The van der Waals surface area contributed by atoms with Gasteiger partial charge in [0.1, 0.15) is 24.2 Å². The predicted octanol–water partition coefficient (Wildman–Crippen LogP) is 4.00. The van der Waals surface area contributed by atoms with Gasteiger partial charge in [0.05, 0.1) is 11.3 Å². The third-order valence-electron chi connectivity index (χ3n) is 7.33. The van der Waals surface area contributed by atoms with Crippen LogP contribution in [0.1, 0.15) is 41.4 Å². The molecule has 2 aromatic carbocycles. The van der Waals surface area contributed by atoms with Crippen LogP contribution in [-0.2, 0) is 29.1 Å². The Morgan fingerprint density at radius 2 is 2.02 bits per heavy atom. The minimum absolute atomic E-state index is 0.0310. The molecule has 0 bridgehead atoms. The van der Waals surface area contributed by atoms with Crippen molar-refractivity contribution in [3.8, 4) is 5.75 Å². The number of nitrogens with zero attached hydrogens (tertiary/aromatic N) is 3. The highest BCUT2D eigenvalue weighted by Crippen LogP contribution is 2.28. The van der Waals surface area contributed by atoms with Crippen LogP contribution >= 0.6 is 11.6 Å². The number of ketones is 1. The van der Waals surface area contributed by atoms with Gasteiger partial charge in [0.25, 0.3) is 0 Å². The molecule has 1 aliphatic rings. The number of carbonyl (C=O) groups is 4. The third-order valence-corrected chi connectivity index (χ3v) is 7.62. The van der Waals surface area contributed by atoms with Gasteiger partial charge < -0.3 is 29.8 Å². The Bertz CT molecular complexity index is 1670. The summed E-state index contributed by atoms with van der Waals surface area (Å²) in [6.07, 6.45) is 5.85. The van der Waals surface area contributed by atoms with Crippen LogP contribution in [0.3, 0.4) is 0 Å². The molecule has 11 nitrogen and oxygen atoms in total. The van der Waals surface area contributed by atoms with Crippen LogP contribution in [0.5, 0.6) is 5.75 Å². The van der Waals surface area contributed by atoms with Gasteiger partial charge in [-0.25, -0.2) is 14.2 Å². The van der Waals surface area contributed by atoms with Crippen LogP contribution in [0.2, 0.25) is 5.02 Å². The van der Waals surface area contributed by atoms with E-state index >= 15 is 0 Å². The van der Waals surface area contributed by atoms with Gasteiger partial charge in [-0.15, -0.1) is 0 Å². The molecule has 0 unspecified atom stereocenters. The van der Waals surface area contributed by atoms with Gasteiger partial charge in [-0.05, 0) is 44.0 Å². The second kappa shape index (κ2) is 13.1. The number of likely N-dealkylation sites (tertiary alicyclic amines) is 1. The number of hydrogen-bond acceptors (Lipinski definition) is 6. The van der Waals surface area contributed by atoms with E-state index in [0.29, 0.717) is 48.8 Å². The lowest BCUT2D eigenvalue weighted by atomic mass is 10.1. The highest BCUT2D eigenvalue weighted by molar-refractivity contribution is 6.30. The van der Waals surface area contributed by atoms with Crippen LogP contribution in [-0.4, -0.2) is 62.3 Å². The average Bonchev–Trinajstić information content (AvgIpc) is 3.74. The summed E-state index contributed by atoms with van der Waals surface area (Å²) in [4.78, 5) is 59.5. The topological polar surface area (TPSA) is 138 Å².